The Bertz CT molecular complexity index is 1180. The molecule has 0 saturated carbocycles. The largest absolute Gasteiger partial charge is 0.487 e. The number of pyridine rings is 1. The summed E-state index contributed by atoms with van der Waals surface area (Å²) in [4.78, 5) is 28.9. The Labute approximate surface area is 206 Å². The van der Waals surface area contributed by atoms with Gasteiger partial charge >= 0.3 is 5.97 Å². The fourth-order valence-electron chi connectivity index (χ4n) is 3.76. The lowest BCUT2D eigenvalue weighted by Gasteiger charge is -2.25. The maximum absolute atomic E-state index is 12.5. The first-order chi connectivity index (χ1) is 16.8. The Hall–Kier alpha value is -3.93. The van der Waals surface area contributed by atoms with Crippen LogP contribution in [0.15, 0.2) is 66.7 Å². The van der Waals surface area contributed by atoms with Crippen LogP contribution >= 0.6 is 0 Å². The van der Waals surface area contributed by atoms with Crippen molar-refractivity contribution in [2.24, 2.45) is 5.41 Å². The van der Waals surface area contributed by atoms with Crippen molar-refractivity contribution >= 4 is 29.7 Å². The highest BCUT2D eigenvalue weighted by atomic mass is 16.5. The highest BCUT2D eigenvalue weighted by Gasteiger charge is 2.37. The number of amides is 1. The van der Waals surface area contributed by atoms with E-state index in [1.165, 1.54) is 5.56 Å². The highest BCUT2D eigenvalue weighted by Crippen LogP contribution is 2.31. The molecular weight excluding hydrogens is 440 g/mol. The molecule has 1 heterocycles. The third-order valence-corrected chi connectivity index (χ3v) is 6.16. The van der Waals surface area contributed by atoms with Gasteiger partial charge in [0.05, 0.1) is 16.8 Å². The van der Waals surface area contributed by atoms with Gasteiger partial charge in [-0.2, -0.15) is 0 Å². The molecule has 2 N–H and O–H groups in total. The minimum atomic E-state index is -1.04. The highest BCUT2D eigenvalue weighted by molar-refractivity contribution is 5.94. The number of aryl methyl sites for hydroxylation is 1. The standard InChI is InChI=1S/C29H32N2O4/c1-4-29(5-2,28(33)34)19-27(32)31-24-10-6-8-22(18-24)14-15-23-9-7-11-25(30-23)20-35-26-16-12-21(3)13-17-26/h6-18H,4-5,19-20H2,1-3H3,(H,31,32)(H,33,34)/b15-14+. The average molecular weight is 473 g/mol. The lowest BCUT2D eigenvalue weighted by molar-refractivity contribution is -0.151. The first-order valence-electron chi connectivity index (χ1n) is 11.8. The van der Waals surface area contributed by atoms with Crippen molar-refractivity contribution in [3.8, 4) is 5.75 Å². The van der Waals surface area contributed by atoms with Crippen molar-refractivity contribution in [1.82, 2.24) is 4.98 Å². The predicted molar refractivity (Wildman–Crippen MR) is 139 cm³/mol. The number of aromatic nitrogens is 1. The van der Waals surface area contributed by atoms with E-state index in [0.29, 0.717) is 25.1 Å². The van der Waals surface area contributed by atoms with Crippen molar-refractivity contribution in [3.05, 3.63) is 89.2 Å². The van der Waals surface area contributed by atoms with Gasteiger partial charge in [0.1, 0.15) is 12.4 Å². The van der Waals surface area contributed by atoms with Crippen molar-refractivity contribution in [1.29, 1.82) is 0 Å². The number of carboxylic acid groups (broad SMARTS) is 1. The van der Waals surface area contributed by atoms with Crippen molar-refractivity contribution in [2.75, 3.05) is 5.32 Å². The van der Waals surface area contributed by atoms with Gasteiger partial charge in [-0.15, -0.1) is 0 Å². The fraction of sp³-hybridized carbons (Fsp3) is 0.276. The Morgan fingerprint density at radius 2 is 1.71 bits per heavy atom. The molecule has 3 rings (SSSR count). The van der Waals surface area contributed by atoms with Crippen molar-refractivity contribution < 1.29 is 19.4 Å². The Balaban J connectivity index is 1.63. The molecule has 0 aliphatic carbocycles. The molecule has 0 aliphatic heterocycles. The molecule has 6 nitrogen and oxygen atoms in total. The van der Waals surface area contributed by atoms with Gasteiger partial charge in [0, 0.05) is 12.1 Å². The first kappa shape index (κ1) is 25.7. The van der Waals surface area contributed by atoms with E-state index in [-0.39, 0.29) is 12.3 Å². The summed E-state index contributed by atoms with van der Waals surface area (Å²) in [6.07, 6.45) is 4.56. The maximum atomic E-state index is 12.5. The molecule has 35 heavy (non-hydrogen) atoms. The third kappa shape index (κ3) is 7.27. The van der Waals surface area contributed by atoms with Crippen LogP contribution in [-0.2, 0) is 16.2 Å². The number of ether oxygens (including phenoxy) is 1. The summed E-state index contributed by atoms with van der Waals surface area (Å²) in [5, 5.41) is 12.4. The zero-order chi connectivity index (χ0) is 25.3. The van der Waals surface area contributed by atoms with Gasteiger partial charge in [0.15, 0.2) is 0 Å². The van der Waals surface area contributed by atoms with E-state index in [9.17, 15) is 14.7 Å². The second kappa shape index (κ2) is 12.0. The van der Waals surface area contributed by atoms with Crippen LogP contribution in [0.5, 0.6) is 5.75 Å². The molecule has 0 bridgehead atoms. The van der Waals surface area contributed by atoms with E-state index < -0.39 is 11.4 Å². The van der Waals surface area contributed by atoms with Crippen LogP contribution < -0.4 is 10.1 Å². The van der Waals surface area contributed by atoms with E-state index in [2.05, 4.69) is 10.3 Å². The molecule has 1 amide bonds. The number of carbonyl (C=O) groups is 2. The van der Waals surface area contributed by atoms with Crippen LogP contribution in [0.2, 0.25) is 0 Å². The molecule has 2 aromatic carbocycles. The van der Waals surface area contributed by atoms with Gasteiger partial charge in [0.25, 0.3) is 0 Å². The normalized spacial score (nSPS) is 11.4. The molecule has 0 radical (unpaired) electrons. The number of nitrogens with zero attached hydrogens (tertiary/aromatic N) is 1. The first-order valence-corrected chi connectivity index (χ1v) is 11.8. The Morgan fingerprint density at radius 3 is 2.40 bits per heavy atom. The molecule has 6 heteroatoms. The second-order valence-corrected chi connectivity index (χ2v) is 8.63. The van der Waals surface area contributed by atoms with E-state index in [1.54, 1.807) is 19.9 Å². The third-order valence-electron chi connectivity index (χ3n) is 6.16. The van der Waals surface area contributed by atoms with Crippen LogP contribution in [0.25, 0.3) is 12.2 Å². The summed E-state index contributed by atoms with van der Waals surface area (Å²) in [5.74, 6) is -0.441. The Morgan fingerprint density at radius 1 is 1.00 bits per heavy atom. The van der Waals surface area contributed by atoms with Crippen LogP contribution in [0.3, 0.4) is 0 Å². The Kier molecular flexibility index (Phi) is 8.79. The summed E-state index contributed by atoms with van der Waals surface area (Å²) in [7, 11) is 0. The number of rotatable bonds is 11. The number of benzene rings is 2. The second-order valence-electron chi connectivity index (χ2n) is 8.63. The average Bonchev–Trinajstić information content (AvgIpc) is 2.86. The topological polar surface area (TPSA) is 88.5 Å². The molecule has 1 aromatic heterocycles. The summed E-state index contributed by atoms with van der Waals surface area (Å²) in [6, 6.07) is 21.1. The fourth-order valence-corrected chi connectivity index (χ4v) is 3.76. The number of anilines is 1. The number of carbonyl (C=O) groups excluding carboxylic acids is 1. The summed E-state index contributed by atoms with van der Waals surface area (Å²) < 4.78 is 5.82. The molecule has 182 valence electrons. The van der Waals surface area contributed by atoms with E-state index in [1.807, 2.05) is 79.7 Å². The minimum Gasteiger partial charge on any atom is -0.487 e. The number of aliphatic carboxylic acids is 1. The molecule has 0 unspecified atom stereocenters. The van der Waals surface area contributed by atoms with Gasteiger partial charge < -0.3 is 15.2 Å². The van der Waals surface area contributed by atoms with E-state index in [0.717, 1.165) is 22.7 Å². The quantitative estimate of drug-likeness (QED) is 0.339. The van der Waals surface area contributed by atoms with Crippen molar-refractivity contribution in [3.63, 3.8) is 0 Å². The number of hydrogen-bond donors (Lipinski definition) is 2. The molecule has 0 aliphatic rings. The molecule has 0 fully saturated rings. The SMILES string of the molecule is CCC(CC)(CC(=O)Nc1cccc(/C=C/c2cccc(COc3ccc(C)cc3)n2)c1)C(=O)O. The van der Waals surface area contributed by atoms with Gasteiger partial charge in [-0.3, -0.25) is 9.59 Å². The lowest BCUT2D eigenvalue weighted by atomic mass is 9.79. The van der Waals surface area contributed by atoms with Crippen molar-refractivity contribution in [2.45, 2.75) is 46.6 Å². The van der Waals surface area contributed by atoms with Gasteiger partial charge in [-0.25, -0.2) is 4.98 Å². The van der Waals surface area contributed by atoms with Crippen LogP contribution in [0.4, 0.5) is 5.69 Å². The summed E-state index contributed by atoms with van der Waals surface area (Å²) in [5.41, 5.74) is 3.27. The smallest absolute Gasteiger partial charge is 0.310 e. The summed E-state index contributed by atoms with van der Waals surface area (Å²) >= 11 is 0. The zero-order valence-corrected chi connectivity index (χ0v) is 20.5. The number of carboxylic acids is 1. The van der Waals surface area contributed by atoms with E-state index >= 15 is 0 Å². The van der Waals surface area contributed by atoms with Gasteiger partial charge in [-0.1, -0.05) is 55.8 Å². The summed E-state index contributed by atoms with van der Waals surface area (Å²) in [6.45, 7) is 6.01. The van der Waals surface area contributed by atoms with Crippen LogP contribution in [-0.4, -0.2) is 22.0 Å². The van der Waals surface area contributed by atoms with E-state index in [4.69, 9.17) is 4.74 Å². The zero-order valence-electron chi connectivity index (χ0n) is 20.5. The van der Waals surface area contributed by atoms with Gasteiger partial charge in [-0.05, 0) is 67.8 Å². The molecular formula is C29H32N2O4. The monoisotopic (exact) mass is 472 g/mol. The minimum absolute atomic E-state index is 0.0588. The number of hydrogen-bond acceptors (Lipinski definition) is 4. The van der Waals surface area contributed by atoms with Crippen LogP contribution in [0, 0.1) is 12.3 Å². The van der Waals surface area contributed by atoms with Crippen LogP contribution in [0.1, 0.15) is 55.6 Å². The molecule has 0 atom stereocenters. The molecule has 3 aromatic rings. The number of nitrogens with one attached hydrogen (secondary N) is 1. The molecule has 0 spiro atoms. The predicted octanol–water partition coefficient (Wildman–Crippen LogP) is 6.36. The maximum Gasteiger partial charge on any atom is 0.310 e. The lowest BCUT2D eigenvalue weighted by Crippen LogP contribution is -2.34. The molecule has 0 saturated heterocycles. The van der Waals surface area contributed by atoms with Gasteiger partial charge in [0.2, 0.25) is 5.91 Å².